The molecule has 0 aliphatic rings. The van der Waals surface area contributed by atoms with Crippen molar-refractivity contribution in [1.82, 2.24) is 4.98 Å². The van der Waals surface area contributed by atoms with Crippen molar-refractivity contribution in [3.63, 3.8) is 0 Å². The van der Waals surface area contributed by atoms with Crippen molar-refractivity contribution in [2.24, 2.45) is 0 Å². The third kappa shape index (κ3) is 2.63. The fourth-order valence-electron chi connectivity index (χ4n) is 1.20. The van der Waals surface area contributed by atoms with E-state index in [4.69, 9.17) is 10.00 Å². The van der Waals surface area contributed by atoms with Crippen LogP contribution in [0.3, 0.4) is 0 Å². The summed E-state index contributed by atoms with van der Waals surface area (Å²) in [6.45, 7) is 2.61. The Kier molecular flexibility index (Phi) is 3.38. The highest BCUT2D eigenvalue weighted by atomic mass is 19.4. The fraction of sp³-hybridized carbons (Fsp3) is 0.400. The zero-order valence-electron chi connectivity index (χ0n) is 8.67. The maximum atomic E-state index is 12.7. The first-order valence-electron chi connectivity index (χ1n) is 4.45. The molecule has 1 rings (SSSR count). The van der Waals surface area contributed by atoms with Crippen molar-refractivity contribution in [2.75, 3.05) is 0 Å². The minimum atomic E-state index is -4.54. The van der Waals surface area contributed by atoms with Gasteiger partial charge in [0.15, 0.2) is 6.10 Å². The molecule has 1 atom stereocenters. The van der Waals surface area contributed by atoms with Crippen LogP contribution in [0.25, 0.3) is 0 Å². The Hall–Kier alpha value is -1.77. The number of hydrogen-bond donors (Lipinski definition) is 0. The third-order valence-corrected chi connectivity index (χ3v) is 1.87. The molecule has 0 radical (unpaired) electrons. The van der Waals surface area contributed by atoms with E-state index in [1.165, 1.54) is 20.0 Å². The molecule has 1 aromatic heterocycles. The number of aromatic nitrogens is 1. The highest BCUT2D eigenvalue weighted by Gasteiger charge is 2.37. The number of rotatable bonds is 2. The van der Waals surface area contributed by atoms with E-state index in [-0.39, 0.29) is 11.4 Å². The molecule has 3 nitrogen and oxygen atoms in total. The first kappa shape index (κ1) is 12.3. The highest BCUT2D eigenvalue weighted by Crippen LogP contribution is 2.37. The van der Waals surface area contributed by atoms with Gasteiger partial charge in [-0.2, -0.15) is 18.4 Å². The fourth-order valence-corrected chi connectivity index (χ4v) is 1.20. The van der Waals surface area contributed by atoms with Crippen molar-refractivity contribution in [1.29, 1.82) is 5.26 Å². The zero-order chi connectivity index (χ0) is 12.3. The van der Waals surface area contributed by atoms with E-state index < -0.39 is 17.8 Å². The summed E-state index contributed by atoms with van der Waals surface area (Å²) in [7, 11) is 0. The van der Waals surface area contributed by atoms with Crippen LogP contribution in [-0.2, 0) is 6.18 Å². The molecule has 0 fully saturated rings. The van der Waals surface area contributed by atoms with Gasteiger partial charge < -0.3 is 4.74 Å². The Morgan fingerprint density at radius 3 is 2.62 bits per heavy atom. The van der Waals surface area contributed by atoms with Gasteiger partial charge in [0.25, 0.3) is 0 Å². The molecule has 0 N–H and O–H groups in total. The summed E-state index contributed by atoms with van der Waals surface area (Å²) in [5.41, 5.74) is -1.10. The number of nitrogens with zero attached hydrogens (tertiary/aromatic N) is 2. The van der Waals surface area contributed by atoms with Gasteiger partial charge in [-0.25, -0.2) is 0 Å². The molecule has 16 heavy (non-hydrogen) atoms. The molecule has 1 unspecified atom stereocenters. The maximum absolute atomic E-state index is 12.7. The molecule has 0 bridgehead atoms. The minimum absolute atomic E-state index is 0.171. The first-order valence-corrected chi connectivity index (χ1v) is 4.45. The summed E-state index contributed by atoms with van der Waals surface area (Å²) >= 11 is 0. The monoisotopic (exact) mass is 230 g/mol. The average molecular weight is 230 g/mol. The molecule has 0 saturated heterocycles. The minimum Gasteiger partial charge on any atom is -0.475 e. The summed E-state index contributed by atoms with van der Waals surface area (Å²) in [5.74, 6) is -0.367. The Balaban J connectivity index is 3.20. The van der Waals surface area contributed by atoms with E-state index in [1.54, 1.807) is 6.07 Å². The molecule has 0 saturated carbocycles. The van der Waals surface area contributed by atoms with Crippen molar-refractivity contribution >= 4 is 0 Å². The highest BCUT2D eigenvalue weighted by molar-refractivity contribution is 5.38. The summed E-state index contributed by atoms with van der Waals surface area (Å²) < 4.78 is 42.9. The van der Waals surface area contributed by atoms with Crippen LogP contribution in [0.15, 0.2) is 12.3 Å². The zero-order valence-corrected chi connectivity index (χ0v) is 8.67. The summed E-state index contributed by atoms with van der Waals surface area (Å²) in [5, 5.41) is 8.49. The number of halogens is 3. The molecule has 0 aliphatic heterocycles. The van der Waals surface area contributed by atoms with Crippen LogP contribution < -0.4 is 4.74 Å². The SMILES string of the molecule is Cc1nccc(OC(C)C#N)c1C(F)(F)F. The van der Waals surface area contributed by atoms with Gasteiger partial charge in [-0.15, -0.1) is 0 Å². The van der Waals surface area contributed by atoms with Crippen LogP contribution in [0.1, 0.15) is 18.2 Å². The lowest BCUT2D eigenvalue weighted by atomic mass is 10.2. The molecule has 0 amide bonds. The lowest BCUT2D eigenvalue weighted by molar-refractivity contribution is -0.139. The average Bonchev–Trinajstić information content (AvgIpc) is 2.15. The van der Waals surface area contributed by atoms with Gasteiger partial charge in [-0.1, -0.05) is 0 Å². The number of ether oxygens (including phenoxy) is 1. The number of nitriles is 1. The summed E-state index contributed by atoms with van der Waals surface area (Å²) in [4.78, 5) is 3.56. The molecule has 86 valence electrons. The second kappa shape index (κ2) is 4.39. The predicted octanol–water partition coefficient (Wildman–Crippen LogP) is 2.70. The van der Waals surface area contributed by atoms with Crippen molar-refractivity contribution in [3.8, 4) is 11.8 Å². The van der Waals surface area contributed by atoms with Gasteiger partial charge in [0.1, 0.15) is 17.4 Å². The van der Waals surface area contributed by atoms with Gasteiger partial charge in [0.05, 0.1) is 5.69 Å². The standard InChI is InChI=1S/C10H9F3N2O/c1-6(5-14)16-8-3-4-15-7(2)9(8)10(11,12)13/h3-4,6H,1-2H3. The van der Waals surface area contributed by atoms with E-state index in [0.717, 1.165) is 6.07 Å². The van der Waals surface area contributed by atoms with Crippen molar-refractivity contribution < 1.29 is 17.9 Å². The Bertz CT molecular complexity index is 423. The van der Waals surface area contributed by atoms with Gasteiger partial charge in [0.2, 0.25) is 0 Å². The van der Waals surface area contributed by atoms with Gasteiger partial charge >= 0.3 is 6.18 Å². The van der Waals surface area contributed by atoms with Gasteiger partial charge in [-0.05, 0) is 19.9 Å². The Morgan fingerprint density at radius 2 is 2.12 bits per heavy atom. The smallest absolute Gasteiger partial charge is 0.421 e. The largest absolute Gasteiger partial charge is 0.475 e. The Labute approximate surface area is 90.5 Å². The quantitative estimate of drug-likeness (QED) is 0.784. The molecular weight excluding hydrogens is 221 g/mol. The lowest BCUT2D eigenvalue weighted by Crippen LogP contribution is -2.16. The van der Waals surface area contributed by atoms with Crippen LogP contribution in [0, 0.1) is 18.3 Å². The second-order valence-corrected chi connectivity index (χ2v) is 3.16. The summed E-state index contributed by atoms with van der Waals surface area (Å²) in [6.07, 6.45) is -4.27. The molecule has 1 aromatic rings. The molecule has 0 aliphatic carbocycles. The van der Waals surface area contributed by atoms with E-state index in [2.05, 4.69) is 4.98 Å². The first-order chi connectivity index (χ1) is 7.36. The Morgan fingerprint density at radius 1 is 1.50 bits per heavy atom. The molecule has 0 spiro atoms. The molecule has 6 heteroatoms. The number of alkyl halides is 3. The normalized spacial score (nSPS) is 13.0. The summed E-state index contributed by atoms with van der Waals surface area (Å²) in [6, 6.07) is 2.80. The lowest BCUT2D eigenvalue weighted by Gasteiger charge is -2.16. The van der Waals surface area contributed by atoms with E-state index >= 15 is 0 Å². The third-order valence-electron chi connectivity index (χ3n) is 1.87. The van der Waals surface area contributed by atoms with Crippen LogP contribution >= 0.6 is 0 Å². The maximum Gasteiger partial charge on any atom is 0.421 e. The van der Waals surface area contributed by atoms with E-state index in [0.29, 0.717) is 0 Å². The molecule has 0 aromatic carbocycles. The number of aryl methyl sites for hydroxylation is 1. The second-order valence-electron chi connectivity index (χ2n) is 3.16. The van der Waals surface area contributed by atoms with Crippen LogP contribution in [0.4, 0.5) is 13.2 Å². The molecule has 1 heterocycles. The van der Waals surface area contributed by atoms with Crippen LogP contribution in [-0.4, -0.2) is 11.1 Å². The number of pyridine rings is 1. The molecular formula is C10H9F3N2O. The van der Waals surface area contributed by atoms with E-state index in [9.17, 15) is 13.2 Å². The van der Waals surface area contributed by atoms with Crippen molar-refractivity contribution in [2.45, 2.75) is 26.1 Å². The predicted molar refractivity (Wildman–Crippen MR) is 49.7 cm³/mol. The van der Waals surface area contributed by atoms with Gasteiger partial charge in [0, 0.05) is 6.20 Å². The van der Waals surface area contributed by atoms with Crippen molar-refractivity contribution in [3.05, 3.63) is 23.5 Å². The van der Waals surface area contributed by atoms with E-state index in [1.807, 2.05) is 0 Å². The van der Waals surface area contributed by atoms with Gasteiger partial charge in [-0.3, -0.25) is 4.98 Å². The topological polar surface area (TPSA) is 45.9 Å². The van der Waals surface area contributed by atoms with Crippen LogP contribution in [0.2, 0.25) is 0 Å². The van der Waals surface area contributed by atoms with Crippen LogP contribution in [0.5, 0.6) is 5.75 Å². The number of hydrogen-bond acceptors (Lipinski definition) is 3.